The van der Waals surface area contributed by atoms with Crippen molar-refractivity contribution >= 4 is 44.9 Å². The second-order valence-electron chi connectivity index (χ2n) is 6.36. The summed E-state index contributed by atoms with van der Waals surface area (Å²) >= 11 is 1.23. The van der Waals surface area contributed by atoms with Gasteiger partial charge in [-0.2, -0.15) is 5.10 Å². The molecule has 8 nitrogen and oxygen atoms in total. The number of amides is 1. The van der Waals surface area contributed by atoms with Crippen LogP contribution in [0.5, 0.6) is 5.75 Å². The molecular formula is C19H18N6O2S. The minimum atomic E-state index is -0.279. The van der Waals surface area contributed by atoms with E-state index < -0.39 is 0 Å². The standard InChI is InChI=1S/C19H18N6O2S/c1-10-6-7-13(26)11(2)15(10)22-18(27)14-9-21-19(28-14)23-17-12-5-4-8-20-16(12)24-25(17)3/h4-9,26H,1-3H3,(H,21,23)(H,22,27). The lowest BCUT2D eigenvalue weighted by atomic mass is 10.1. The van der Waals surface area contributed by atoms with Crippen molar-refractivity contribution in [2.45, 2.75) is 13.8 Å². The zero-order valence-electron chi connectivity index (χ0n) is 15.5. The monoisotopic (exact) mass is 394 g/mol. The number of benzene rings is 1. The third-order valence-corrected chi connectivity index (χ3v) is 5.36. The van der Waals surface area contributed by atoms with Crippen molar-refractivity contribution in [3.8, 4) is 5.75 Å². The maximum absolute atomic E-state index is 12.6. The molecule has 0 saturated heterocycles. The molecule has 0 spiro atoms. The van der Waals surface area contributed by atoms with Crippen LogP contribution in [-0.2, 0) is 7.05 Å². The minimum absolute atomic E-state index is 0.143. The van der Waals surface area contributed by atoms with E-state index in [1.54, 1.807) is 29.9 Å². The number of hydrogen-bond acceptors (Lipinski definition) is 7. The second kappa shape index (κ2) is 6.93. The molecule has 0 aliphatic carbocycles. The Hall–Kier alpha value is -3.46. The number of carbonyl (C=O) groups excluding carboxylic acids is 1. The number of anilines is 3. The summed E-state index contributed by atoms with van der Waals surface area (Å²) in [5, 5.41) is 21.8. The first-order valence-corrected chi connectivity index (χ1v) is 9.37. The fourth-order valence-electron chi connectivity index (χ4n) is 2.92. The van der Waals surface area contributed by atoms with Gasteiger partial charge in [0.1, 0.15) is 16.4 Å². The molecule has 142 valence electrons. The average Bonchev–Trinajstić information content (AvgIpc) is 3.27. The molecule has 4 rings (SSSR count). The number of aromatic hydroxyl groups is 1. The van der Waals surface area contributed by atoms with Gasteiger partial charge in [-0.25, -0.2) is 14.6 Å². The van der Waals surface area contributed by atoms with Crippen LogP contribution < -0.4 is 10.6 Å². The Kier molecular flexibility index (Phi) is 4.44. The number of phenolic OH excluding ortho intramolecular Hbond substituents is 1. The Balaban J connectivity index is 1.57. The van der Waals surface area contributed by atoms with Crippen LogP contribution in [0.1, 0.15) is 20.8 Å². The van der Waals surface area contributed by atoms with Crippen LogP contribution in [0.2, 0.25) is 0 Å². The Labute approximate surface area is 164 Å². The first-order valence-electron chi connectivity index (χ1n) is 8.55. The highest BCUT2D eigenvalue weighted by molar-refractivity contribution is 7.17. The fraction of sp³-hybridized carbons (Fsp3) is 0.158. The summed E-state index contributed by atoms with van der Waals surface area (Å²) in [7, 11) is 1.82. The summed E-state index contributed by atoms with van der Waals surface area (Å²) in [6.07, 6.45) is 3.21. The number of nitrogens with zero attached hydrogens (tertiary/aromatic N) is 4. The normalized spacial score (nSPS) is 11.0. The van der Waals surface area contributed by atoms with E-state index in [-0.39, 0.29) is 11.7 Å². The summed E-state index contributed by atoms with van der Waals surface area (Å²) in [4.78, 5) is 21.6. The molecule has 0 aliphatic heterocycles. The lowest BCUT2D eigenvalue weighted by molar-refractivity contribution is 0.103. The van der Waals surface area contributed by atoms with E-state index >= 15 is 0 Å². The number of phenols is 1. The largest absolute Gasteiger partial charge is 0.508 e. The quantitative estimate of drug-likeness (QED) is 0.487. The van der Waals surface area contributed by atoms with Crippen molar-refractivity contribution in [2.24, 2.45) is 7.05 Å². The highest BCUT2D eigenvalue weighted by Gasteiger charge is 2.16. The number of thiazole rings is 1. The van der Waals surface area contributed by atoms with E-state index in [4.69, 9.17) is 0 Å². The maximum atomic E-state index is 12.6. The van der Waals surface area contributed by atoms with Crippen molar-refractivity contribution in [3.63, 3.8) is 0 Å². The van der Waals surface area contributed by atoms with Gasteiger partial charge in [0, 0.05) is 18.8 Å². The number of aromatic nitrogens is 4. The second-order valence-corrected chi connectivity index (χ2v) is 7.39. The van der Waals surface area contributed by atoms with Crippen LogP contribution in [0, 0.1) is 13.8 Å². The summed E-state index contributed by atoms with van der Waals surface area (Å²) < 4.78 is 1.69. The van der Waals surface area contributed by atoms with Gasteiger partial charge in [0.15, 0.2) is 10.8 Å². The Morgan fingerprint density at radius 1 is 1.21 bits per heavy atom. The van der Waals surface area contributed by atoms with Gasteiger partial charge in [-0.15, -0.1) is 0 Å². The van der Waals surface area contributed by atoms with Gasteiger partial charge < -0.3 is 15.7 Å². The molecule has 0 atom stereocenters. The molecule has 1 amide bonds. The van der Waals surface area contributed by atoms with Crippen LogP contribution in [0.3, 0.4) is 0 Å². The zero-order chi connectivity index (χ0) is 19.8. The lowest BCUT2D eigenvalue weighted by Gasteiger charge is -2.11. The summed E-state index contributed by atoms with van der Waals surface area (Å²) in [5.74, 6) is 0.618. The number of hydrogen-bond donors (Lipinski definition) is 3. The minimum Gasteiger partial charge on any atom is -0.508 e. The van der Waals surface area contributed by atoms with Crippen molar-refractivity contribution in [3.05, 3.63) is 52.7 Å². The Morgan fingerprint density at radius 3 is 2.86 bits per heavy atom. The molecule has 0 fully saturated rings. The molecule has 0 saturated carbocycles. The third kappa shape index (κ3) is 3.16. The molecule has 0 aliphatic rings. The molecule has 3 heterocycles. The van der Waals surface area contributed by atoms with E-state index in [9.17, 15) is 9.90 Å². The van der Waals surface area contributed by atoms with E-state index in [0.29, 0.717) is 26.9 Å². The molecule has 0 radical (unpaired) electrons. The predicted molar refractivity (Wildman–Crippen MR) is 109 cm³/mol. The van der Waals surface area contributed by atoms with Crippen LogP contribution in [0.15, 0.2) is 36.7 Å². The van der Waals surface area contributed by atoms with Crippen molar-refractivity contribution < 1.29 is 9.90 Å². The first-order chi connectivity index (χ1) is 13.4. The molecular weight excluding hydrogens is 376 g/mol. The highest BCUT2D eigenvalue weighted by atomic mass is 32.1. The maximum Gasteiger partial charge on any atom is 0.267 e. The smallest absolute Gasteiger partial charge is 0.267 e. The molecule has 0 unspecified atom stereocenters. The van der Waals surface area contributed by atoms with E-state index in [2.05, 4.69) is 25.7 Å². The fourth-order valence-corrected chi connectivity index (χ4v) is 3.63. The van der Waals surface area contributed by atoms with Crippen LogP contribution >= 0.6 is 11.3 Å². The van der Waals surface area contributed by atoms with Gasteiger partial charge >= 0.3 is 0 Å². The Morgan fingerprint density at radius 2 is 2.04 bits per heavy atom. The van der Waals surface area contributed by atoms with E-state index in [0.717, 1.165) is 16.8 Å². The lowest BCUT2D eigenvalue weighted by Crippen LogP contribution is -2.12. The molecule has 3 aromatic heterocycles. The molecule has 1 aromatic carbocycles. The zero-order valence-corrected chi connectivity index (χ0v) is 16.3. The summed E-state index contributed by atoms with van der Waals surface area (Å²) in [6.45, 7) is 3.64. The number of rotatable bonds is 4. The van der Waals surface area contributed by atoms with Crippen LogP contribution in [0.4, 0.5) is 16.6 Å². The van der Waals surface area contributed by atoms with E-state index in [1.165, 1.54) is 17.5 Å². The van der Waals surface area contributed by atoms with Gasteiger partial charge in [0.25, 0.3) is 5.91 Å². The summed E-state index contributed by atoms with van der Waals surface area (Å²) in [6, 6.07) is 7.14. The van der Waals surface area contributed by atoms with Gasteiger partial charge in [0.05, 0.1) is 17.3 Å². The Bertz CT molecular complexity index is 1200. The van der Waals surface area contributed by atoms with Crippen molar-refractivity contribution in [1.82, 2.24) is 19.7 Å². The molecule has 28 heavy (non-hydrogen) atoms. The van der Waals surface area contributed by atoms with Gasteiger partial charge in [0.2, 0.25) is 0 Å². The highest BCUT2D eigenvalue weighted by Crippen LogP contribution is 2.30. The third-order valence-electron chi connectivity index (χ3n) is 4.45. The van der Waals surface area contributed by atoms with E-state index in [1.807, 2.05) is 26.1 Å². The van der Waals surface area contributed by atoms with Crippen LogP contribution in [-0.4, -0.2) is 30.8 Å². The van der Waals surface area contributed by atoms with Crippen LogP contribution in [0.25, 0.3) is 11.0 Å². The first kappa shape index (κ1) is 17.9. The number of aryl methyl sites for hydroxylation is 2. The predicted octanol–water partition coefficient (Wildman–Crippen LogP) is 3.74. The molecule has 3 N–H and O–H groups in total. The molecule has 4 aromatic rings. The topological polar surface area (TPSA) is 105 Å². The number of carbonyl (C=O) groups is 1. The van der Waals surface area contributed by atoms with Gasteiger partial charge in [-0.05, 0) is 37.6 Å². The molecule has 9 heteroatoms. The van der Waals surface area contributed by atoms with Gasteiger partial charge in [-0.3, -0.25) is 4.79 Å². The molecule has 0 bridgehead atoms. The number of nitrogens with one attached hydrogen (secondary N) is 2. The van der Waals surface area contributed by atoms with Gasteiger partial charge in [-0.1, -0.05) is 17.4 Å². The van der Waals surface area contributed by atoms with Crippen molar-refractivity contribution in [2.75, 3.05) is 10.6 Å². The summed E-state index contributed by atoms with van der Waals surface area (Å²) in [5.41, 5.74) is 2.75. The SMILES string of the molecule is Cc1ccc(O)c(C)c1NC(=O)c1cnc(Nc2c3cccnc3nn2C)s1. The number of pyridine rings is 1. The number of fused-ring (bicyclic) bond motifs is 1. The average molecular weight is 394 g/mol. The van der Waals surface area contributed by atoms with Crippen molar-refractivity contribution in [1.29, 1.82) is 0 Å².